The average Bonchev–Trinajstić information content (AvgIpc) is 3.46. The lowest BCUT2D eigenvalue weighted by molar-refractivity contribution is -0.128. The van der Waals surface area contributed by atoms with Crippen molar-refractivity contribution in [3.05, 3.63) is 77.8 Å². The largest absolute Gasteiger partial charge is 0.472 e. The Morgan fingerprint density at radius 1 is 1.11 bits per heavy atom. The van der Waals surface area contributed by atoms with Crippen LogP contribution in [0.15, 0.2) is 54.7 Å². The van der Waals surface area contributed by atoms with E-state index in [1.807, 2.05) is 30.3 Å². The molecule has 0 saturated carbocycles. The quantitative estimate of drug-likeness (QED) is 0.367. The first-order valence-corrected chi connectivity index (χ1v) is 12.0. The lowest BCUT2D eigenvalue weighted by atomic mass is 10.1. The van der Waals surface area contributed by atoms with Gasteiger partial charge >= 0.3 is 6.09 Å². The molecule has 0 N–H and O–H groups in total. The summed E-state index contributed by atoms with van der Waals surface area (Å²) >= 11 is 0. The SMILES string of the molecule is CC(C)(C)OC(=O)N1CCC(c2nc(OCc3ccccc3)c3cnn(-c4ccc(F)cc4F)c3n2)C1=O. The van der Waals surface area contributed by atoms with Crippen LogP contribution in [0.2, 0.25) is 0 Å². The van der Waals surface area contributed by atoms with Gasteiger partial charge in [0.2, 0.25) is 11.8 Å². The van der Waals surface area contributed by atoms with Crippen molar-refractivity contribution in [1.82, 2.24) is 24.6 Å². The second-order valence-electron chi connectivity index (χ2n) is 9.86. The van der Waals surface area contributed by atoms with Gasteiger partial charge in [0.15, 0.2) is 11.5 Å². The van der Waals surface area contributed by atoms with E-state index >= 15 is 0 Å². The van der Waals surface area contributed by atoms with Gasteiger partial charge in [0.1, 0.15) is 40.8 Å². The summed E-state index contributed by atoms with van der Waals surface area (Å²) in [6.07, 6.45) is 0.942. The molecule has 1 atom stereocenters. The molecular formula is C27H25F2N5O4. The number of amides is 2. The summed E-state index contributed by atoms with van der Waals surface area (Å²) in [5.74, 6) is -2.69. The van der Waals surface area contributed by atoms with Gasteiger partial charge < -0.3 is 9.47 Å². The van der Waals surface area contributed by atoms with Crippen LogP contribution in [0.3, 0.4) is 0 Å². The Balaban J connectivity index is 1.55. The van der Waals surface area contributed by atoms with E-state index in [1.54, 1.807) is 20.8 Å². The van der Waals surface area contributed by atoms with Crippen molar-refractivity contribution in [2.75, 3.05) is 6.54 Å². The highest BCUT2D eigenvalue weighted by molar-refractivity contribution is 5.97. The molecule has 0 bridgehead atoms. The summed E-state index contributed by atoms with van der Waals surface area (Å²) in [4.78, 5) is 35.9. The number of halogens is 2. The van der Waals surface area contributed by atoms with E-state index in [9.17, 15) is 18.4 Å². The number of hydrogen-bond donors (Lipinski definition) is 0. The molecule has 0 spiro atoms. The summed E-state index contributed by atoms with van der Waals surface area (Å²) in [5.41, 5.74) is 0.251. The Morgan fingerprint density at radius 3 is 2.58 bits per heavy atom. The fourth-order valence-corrected chi connectivity index (χ4v) is 4.14. The number of benzene rings is 2. The van der Waals surface area contributed by atoms with Crippen molar-refractivity contribution in [2.45, 2.75) is 45.3 Å². The van der Waals surface area contributed by atoms with Crippen LogP contribution in [-0.4, -0.2) is 48.8 Å². The monoisotopic (exact) mass is 521 g/mol. The van der Waals surface area contributed by atoms with Crippen LogP contribution in [0.25, 0.3) is 16.7 Å². The van der Waals surface area contributed by atoms with E-state index in [0.717, 1.165) is 22.6 Å². The molecule has 2 amide bonds. The Hall–Kier alpha value is -4.41. The Kier molecular flexibility index (Phi) is 6.52. The Morgan fingerprint density at radius 2 is 1.87 bits per heavy atom. The molecule has 0 aliphatic carbocycles. The van der Waals surface area contributed by atoms with Crippen LogP contribution >= 0.6 is 0 Å². The zero-order valence-corrected chi connectivity index (χ0v) is 21.0. The molecule has 1 fully saturated rings. The third kappa shape index (κ3) is 5.04. The fourth-order valence-electron chi connectivity index (χ4n) is 4.14. The van der Waals surface area contributed by atoms with Gasteiger partial charge in [-0.2, -0.15) is 10.1 Å². The predicted molar refractivity (Wildman–Crippen MR) is 133 cm³/mol. The van der Waals surface area contributed by atoms with Crippen molar-refractivity contribution in [3.63, 3.8) is 0 Å². The molecule has 1 aliphatic rings. The summed E-state index contributed by atoms with van der Waals surface area (Å²) in [6.45, 7) is 5.45. The second-order valence-corrected chi connectivity index (χ2v) is 9.86. The topological polar surface area (TPSA) is 99.4 Å². The molecule has 38 heavy (non-hydrogen) atoms. The van der Waals surface area contributed by atoms with Crippen LogP contribution in [0.5, 0.6) is 5.88 Å². The minimum atomic E-state index is -0.854. The molecule has 9 nitrogen and oxygen atoms in total. The van der Waals surface area contributed by atoms with Gasteiger partial charge in [-0.25, -0.2) is 28.1 Å². The van der Waals surface area contributed by atoms with Crippen molar-refractivity contribution < 1.29 is 27.8 Å². The van der Waals surface area contributed by atoms with Gasteiger partial charge in [-0.1, -0.05) is 30.3 Å². The van der Waals surface area contributed by atoms with Crippen LogP contribution in [0.1, 0.15) is 44.5 Å². The Bertz CT molecular complexity index is 1520. The molecule has 2 aromatic carbocycles. The molecule has 4 aromatic rings. The molecule has 1 aliphatic heterocycles. The first kappa shape index (κ1) is 25.2. The van der Waals surface area contributed by atoms with E-state index in [0.29, 0.717) is 5.39 Å². The number of carbonyl (C=O) groups excluding carboxylic acids is 2. The van der Waals surface area contributed by atoms with Gasteiger partial charge in [-0.15, -0.1) is 0 Å². The smallest absolute Gasteiger partial charge is 0.417 e. The van der Waals surface area contributed by atoms with Gasteiger partial charge in [0, 0.05) is 12.6 Å². The normalized spacial score (nSPS) is 15.8. The van der Waals surface area contributed by atoms with E-state index in [2.05, 4.69) is 15.1 Å². The number of hydrogen-bond acceptors (Lipinski definition) is 7. The summed E-state index contributed by atoms with van der Waals surface area (Å²) < 4.78 is 40.8. The summed E-state index contributed by atoms with van der Waals surface area (Å²) in [5, 5.41) is 4.62. The van der Waals surface area contributed by atoms with E-state index < -0.39 is 35.2 Å². The highest BCUT2D eigenvalue weighted by Crippen LogP contribution is 2.33. The number of rotatable bonds is 5. The maximum Gasteiger partial charge on any atom is 0.417 e. The van der Waals surface area contributed by atoms with E-state index in [1.165, 1.54) is 16.9 Å². The van der Waals surface area contributed by atoms with Crippen LogP contribution in [-0.2, 0) is 16.1 Å². The van der Waals surface area contributed by atoms with Gasteiger partial charge in [-0.3, -0.25) is 4.79 Å². The molecule has 0 radical (unpaired) electrons. The number of likely N-dealkylation sites (tertiary alicyclic amines) is 1. The number of imide groups is 1. The minimum Gasteiger partial charge on any atom is -0.472 e. The molecule has 5 rings (SSSR count). The number of aromatic nitrogens is 4. The first-order chi connectivity index (χ1) is 18.1. The van der Waals surface area contributed by atoms with Crippen LogP contribution in [0.4, 0.5) is 13.6 Å². The molecule has 1 unspecified atom stereocenters. The van der Waals surface area contributed by atoms with Crippen molar-refractivity contribution >= 4 is 23.0 Å². The number of fused-ring (bicyclic) bond motifs is 1. The summed E-state index contributed by atoms with van der Waals surface area (Å²) in [7, 11) is 0. The highest BCUT2D eigenvalue weighted by Gasteiger charge is 2.41. The third-order valence-corrected chi connectivity index (χ3v) is 5.90. The van der Waals surface area contributed by atoms with Gasteiger partial charge in [0.25, 0.3) is 0 Å². The lowest BCUT2D eigenvalue weighted by Crippen LogP contribution is -2.38. The maximum absolute atomic E-state index is 14.7. The highest BCUT2D eigenvalue weighted by atomic mass is 19.1. The fraction of sp³-hybridized carbons (Fsp3) is 0.296. The van der Waals surface area contributed by atoms with E-state index in [-0.39, 0.29) is 42.6 Å². The average molecular weight is 522 g/mol. The predicted octanol–water partition coefficient (Wildman–Crippen LogP) is 4.92. The first-order valence-electron chi connectivity index (χ1n) is 12.0. The van der Waals surface area contributed by atoms with Crippen molar-refractivity contribution in [1.29, 1.82) is 0 Å². The molecular weight excluding hydrogens is 496 g/mol. The molecule has 1 saturated heterocycles. The Labute approximate surface area is 217 Å². The molecule has 3 heterocycles. The zero-order valence-electron chi connectivity index (χ0n) is 21.0. The number of nitrogens with zero attached hydrogens (tertiary/aromatic N) is 5. The van der Waals surface area contributed by atoms with Crippen LogP contribution < -0.4 is 4.74 Å². The second kappa shape index (κ2) is 9.81. The lowest BCUT2D eigenvalue weighted by Gasteiger charge is -2.23. The number of carbonyl (C=O) groups is 2. The van der Waals surface area contributed by atoms with Gasteiger partial charge in [0.05, 0.1) is 6.20 Å². The molecule has 2 aromatic heterocycles. The zero-order chi connectivity index (χ0) is 27.0. The van der Waals surface area contributed by atoms with Gasteiger partial charge in [-0.05, 0) is 44.9 Å². The standard InChI is InChI=1S/C27H25F2N5O4/c1-27(2,3)38-26(36)33-12-11-18(25(33)35)22-31-23-19(24(32-22)37-15-16-7-5-4-6-8-16)14-30-34(23)21-10-9-17(28)13-20(21)29/h4-10,13-14,18H,11-12,15H2,1-3H3. The third-order valence-electron chi connectivity index (χ3n) is 5.90. The summed E-state index contributed by atoms with van der Waals surface area (Å²) in [6, 6.07) is 12.5. The molecule has 11 heteroatoms. The minimum absolute atomic E-state index is 0.0341. The van der Waals surface area contributed by atoms with Crippen LogP contribution in [0, 0.1) is 11.6 Å². The van der Waals surface area contributed by atoms with Crippen molar-refractivity contribution in [3.8, 4) is 11.6 Å². The van der Waals surface area contributed by atoms with E-state index in [4.69, 9.17) is 9.47 Å². The van der Waals surface area contributed by atoms with Crippen molar-refractivity contribution in [2.24, 2.45) is 0 Å². The molecule has 196 valence electrons. The maximum atomic E-state index is 14.7. The number of ether oxygens (including phenoxy) is 2.